The van der Waals surface area contributed by atoms with Crippen LogP contribution in [0, 0.1) is 6.92 Å². The van der Waals surface area contributed by atoms with Gasteiger partial charge in [-0.1, -0.05) is 22.9 Å². The molecule has 0 aliphatic rings. The van der Waals surface area contributed by atoms with E-state index < -0.39 is 0 Å². The molecule has 0 aliphatic carbocycles. The Morgan fingerprint density at radius 2 is 2.05 bits per heavy atom. The number of ether oxygens (including phenoxy) is 1. The maximum absolute atomic E-state index is 9.49. The number of aliphatic hydroxyl groups is 1. The summed E-state index contributed by atoms with van der Waals surface area (Å²) in [4.78, 5) is 0. The smallest absolute Gasteiger partial charge is 0.131 e. The summed E-state index contributed by atoms with van der Waals surface area (Å²) in [6, 6.07) is 3.85. The highest BCUT2D eigenvalue weighted by Crippen LogP contribution is 2.30. The first-order valence-electron chi connectivity index (χ1n) is 6.70. The van der Waals surface area contributed by atoms with Crippen molar-refractivity contribution in [1.29, 1.82) is 0 Å². The highest BCUT2D eigenvalue weighted by molar-refractivity contribution is 9.10. The van der Waals surface area contributed by atoms with Gasteiger partial charge in [0.2, 0.25) is 0 Å². The molecule has 0 fully saturated rings. The molecule has 0 radical (unpaired) electrons. The van der Waals surface area contributed by atoms with Crippen molar-refractivity contribution in [3.05, 3.63) is 43.6 Å². The van der Waals surface area contributed by atoms with Crippen LogP contribution in [0.25, 0.3) is 0 Å². The van der Waals surface area contributed by atoms with E-state index >= 15 is 0 Å². The minimum Gasteiger partial charge on any atom is -0.487 e. The fourth-order valence-electron chi connectivity index (χ4n) is 2.24. The minimum absolute atomic E-state index is 0.0532. The lowest BCUT2D eigenvalue weighted by atomic mass is 10.1. The second kappa shape index (κ2) is 6.94. The Balaban J connectivity index is 2.27. The predicted molar refractivity (Wildman–Crippen MR) is 89.4 cm³/mol. The molecular weight excluding hydrogens is 400 g/mol. The number of halogens is 2. The fourth-order valence-corrected chi connectivity index (χ4v) is 3.59. The third kappa shape index (κ3) is 3.49. The molecule has 1 heterocycles. The summed E-state index contributed by atoms with van der Waals surface area (Å²) in [5.41, 5.74) is 3.77. The molecule has 1 N–H and O–H groups in total. The lowest BCUT2D eigenvalue weighted by Crippen LogP contribution is -2.06. The molecule has 4 nitrogen and oxygen atoms in total. The van der Waals surface area contributed by atoms with Crippen molar-refractivity contribution in [2.45, 2.75) is 33.5 Å². The van der Waals surface area contributed by atoms with Crippen molar-refractivity contribution in [3.8, 4) is 5.75 Å². The summed E-state index contributed by atoms with van der Waals surface area (Å²) >= 11 is 7.01. The SMILES string of the molecule is CCc1nn(C)c(COc2c(C)cc(Br)cc2CO)c1Br. The Morgan fingerprint density at radius 3 is 2.62 bits per heavy atom. The van der Waals surface area contributed by atoms with Gasteiger partial charge in [-0.3, -0.25) is 4.68 Å². The van der Waals surface area contributed by atoms with Crippen LogP contribution in [0.5, 0.6) is 5.75 Å². The highest BCUT2D eigenvalue weighted by Gasteiger charge is 2.15. The molecule has 2 rings (SSSR count). The van der Waals surface area contributed by atoms with Gasteiger partial charge in [0.1, 0.15) is 12.4 Å². The van der Waals surface area contributed by atoms with Crippen molar-refractivity contribution in [2.24, 2.45) is 7.05 Å². The molecular formula is C15H18Br2N2O2. The molecule has 0 amide bonds. The summed E-state index contributed by atoms with van der Waals surface area (Å²) in [7, 11) is 1.91. The molecule has 2 aromatic rings. The Hall–Kier alpha value is -0.850. The molecule has 0 saturated heterocycles. The summed E-state index contributed by atoms with van der Waals surface area (Å²) in [6.07, 6.45) is 0.869. The van der Waals surface area contributed by atoms with Crippen LogP contribution < -0.4 is 4.74 Å². The van der Waals surface area contributed by atoms with Crippen molar-refractivity contribution < 1.29 is 9.84 Å². The van der Waals surface area contributed by atoms with E-state index in [9.17, 15) is 5.11 Å². The van der Waals surface area contributed by atoms with Gasteiger partial charge in [-0.05, 0) is 47.0 Å². The number of hydrogen-bond acceptors (Lipinski definition) is 3. The average Bonchev–Trinajstić information content (AvgIpc) is 2.72. The Bertz CT molecular complexity index is 654. The van der Waals surface area contributed by atoms with Crippen molar-refractivity contribution in [2.75, 3.05) is 0 Å². The van der Waals surface area contributed by atoms with Crippen molar-refractivity contribution in [3.63, 3.8) is 0 Å². The van der Waals surface area contributed by atoms with Gasteiger partial charge < -0.3 is 9.84 Å². The van der Waals surface area contributed by atoms with Gasteiger partial charge in [0.25, 0.3) is 0 Å². The Morgan fingerprint density at radius 1 is 1.33 bits per heavy atom. The number of rotatable bonds is 5. The highest BCUT2D eigenvalue weighted by atomic mass is 79.9. The Labute approximate surface area is 141 Å². The van der Waals surface area contributed by atoms with E-state index in [2.05, 4.69) is 43.9 Å². The second-order valence-corrected chi connectivity index (χ2v) is 6.55. The van der Waals surface area contributed by atoms with Gasteiger partial charge in [0, 0.05) is 17.1 Å². The monoisotopic (exact) mass is 416 g/mol. The van der Waals surface area contributed by atoms with Gasteiger partial charge in [0.15, 0.2) is 0 Å². The lowest BCUT2D eigenvalue weighted by molar-refractivity contribution is 0.254. The van der Waals surface area contributed by atoms with Crippen LogP contribution >= 0.6 is 31.9 Å². The first-order chi connectivity index (χ1) is 9.97. The quantitative estimate of drug-likeness (QED) is 0.802. The summed E-state index contributed by atoms with van der Waals surface area (Å²) < 4.78 is 9.71. The number of aryl methyl sites for hydroxylation is 3. The zero-order chi connectivity index (χ0) is 15.6. The summed E-state index contributed by atoms with van der Waals surface area (Å²) in [6.45, 7) is 4.39. The first kappa shape index (κ1) is 16.5. The van der Waals surface area contributed by atoms with Crippen LogP contribution in [-0.2, 0) is 26.7 Å². The molecule has 21 heavy (non-hydrogen) atoms. The average molecular weight is 418 g/mol. The second-order valence-electron chi connectivity index (χ2n) is 4.84. The van der Waals surface area contributed by atoms with Crippen LogP contribution in [0.2, 0.25) is 0 Å². The topological polar surface area (TPSA) is 47.3 Å². The lowest BCUT2D eigenvalue weighted by Gasteiger charge is -2.14. The van der Waals surface area contributed by atoms with E-state index in [1.165, 1.54) is 0 Å². The standard InChI is InChI=1S/C15H18Br2N2O2/c1-4-12-14(17)13(19(3)18-12)8-21-15-9(2)5-11(16)6-10(15)7-20/h5-6,20H,4,7-8H2,1-3H3. The van der Waals surface area contributed by atoms with E-state index in [4.69, 9.17) is 4.74 Å². The van der Waals surface area contributed by atoms with Crippen LogP contribution in [0.15, 0.2) is 21.1 Å². The van der Waals surface area contributed by atoms with Gasteiger partial charge >= 0.3 is 0 Å². The van der Waals surface area contributed by atoms with Gasteiger partial charge in [-0.2, -0.15) is 5.10 Å². The number of benzene rings is 1. The van der Waals surface area contributed by atoms with Gasteiger partial charge in [-0.25, -0.2) is 0 Å². The molecule has 0 unspecified atom stereocenters. The fraction of sp³-hybridized carbons (Fsp3) is 0.400. The van der Waals surface area contributed by atoms with E-state index in [1.807, 2.05) is 30.8 Å². The number of aromatic nitrogens is 2. The van der Waals surface area contributed by atoms with Crippen molar-refractivity contribution >= 4 is 31.9 Å². The maximum atomic E-state index is 9.49. The molecule has 0 aliphatic heterocycles. The van der Waals surface area contributed by atoms with Crippen LogP contribution in [0.4, 0.5) is 0 Å². The third-order valence-corrected chi connectivity index (χ3v) is 4.72. The van der Waals surface area contributed by atoms with Crippen LogP contribution in [0.1, 0.15) is 29.4 Å². The molecule has 1 aromatic heterocycles. The van der Waals surface area contributed by atoms with Crippen molar-refractivity contribution in [1.82, 2.24) is 9.78 Å². The van der Waals surface area contributed by atoms with Gasteiger partial charge in [0.05, 0.1) is 22.5 Å². The molecule has 0 saturated carbocycles. The molecule has 0 atom stereocenters. The minimum atomic E-state index is -0.0532. The predicted octanol–water partition coefficient (Wildman–Crippen LogP) is 3.89. The molecule has 1 aromatic carbocycles. The molecule has 114 valence electrons. The van der Waals surface area contributed by atoms with E-state index in [0.717, 1.165) is 43.6 Å². The third-order valence-electron chi connectivity index (χ3n) is 3.34. The molecule has 0 spiro atoms. The number of aliphatic hydroxyl groups excluding tert-OH is 1. The summed E-state index contributed by atoms with van der Waals surface area (Å²) in [5, 5.41) is 13.9. The molecule has 0 bridgehead atoms. The van der Waals surface area contributed by atoms with E-state index in [1.54, 1.807) is 0 Å². The van der Waals surface area contributed by atoms with Crippen LogP contribution in [0.3, 0.4) is 0 Å². The number of nitrogens with zero attached hydrogens (tertiary/aromatic N) is 2. The zero-order valence-corrected chi connectivity index (χ0v) is 15.5. The van der Waals surface area contributed by atoms with E-state index in [0.29, 0.717) is 6.61 Å². The largest absolute Gasteiger partial charge is 0.487 e. The van der Waals surface area contributed by atoms with Gasteiger partial charge in [-0.15, -0.1) is 0 Å². The first-order valence-corrected chi connectivity index (χ1v) is 8.29. The van der Waals surface area contributed by atoms with E-state index in [-0.39, 0.29) is 6.61 Å². The molecule has 6 heteroatoms. The zero-order valence-electron chi connectivity index (χ0n) is 12.3. The maximum Gasteiger partial charge on any atom is 0.131 e. The normalized spacial score (nSPS) is 11.0. The number of hydrogen-bond donors (Lipinski definition) is 1. The Kier molecular flexibility index (Phi) is 5.46. The summed E-state index contributed by atoms with van der Waals surface area (Å²) in [5.74, 6) is 0.729. The van der Waals surface area contributed by atoms with Crippen LogP contribution in [-0.4, -0.2) is 14.9 Å².